The number of hydrogen-bond donors (Lipinski definition) is 2. The van der Waals surface area contributed by atoms with Gasteiger partial charge in [0.25, 0.3) is 0 Å². The molecule has 1 fully saturated rings. The lowest BCUT2D eigenvalue weighted by molar-refractivity contribution is -0.139. The summed E-state index contributed by atoms with van der Waals surface area (Å²) in [6.45, 7) is 6.78. The number of nitrogens with zero attached hydrogens (tertiary/aromatic N) is 2. The molecular formula is C13H24N2O5. The molecule has 7 nitrogen and oxygen atoms in total. The van der Waals surface area contributed by atoms with E-state index in [4.69, 9.17) is 9.84 Å². The summed E-state index contributed by atoms with van der Waals surface area (Å²) in [6, 6.07) is -0.700. The number of ether oxygens (including phenoxy) is 1. The standard InChI is InChI=1S/C13H24N2O5/c1-4-14(9-13(2,3)19)12(18)15-5-6-20-8-10(15)7-11(16)17/h10,19H,4-9H2,1-3H3,(H,16,17). The Balaban J connectivity index is 2.76. The molecule has 0 saturated carbocycles. The first-order valence-corrected chi connectivity index (χ1v) is 6.82. The van der Waals surface area contributed by atoms with Crippen LogP contribution in [0.4, 0.5) is 4.79 Å². The van der Waals surface area contributed by atoms with Crippen LogP contribution in [0.5, 0.6) is 0 Å². The number of likely N-dealkylation sites (N-methyl/N-ethyl adjacent to an activating group) is 1. The molecule has 0 spiro atoms. The van der Waals surface area contributed by atoms with Crippen LogP contribution in [-0.4, -0.2) is 76.5 Å². The van der Waals surface area contributed by atoms with E-state index in [0.29, 0.717) is 19.7 Å². The largest absolute Gasteiger partial charge is 0.481 e. The number of rotatable bonds is 5. The van der Waals surface area contributed by atoms with Crippen molar-refractivity contribution in [3.63, 3.8) is 0 Å². The van der Waals surface area contributed by atoms with Gasteiger partial charge < -0.3 is 24.7 Å². The van der Waals surface area contributed by atoms with E-state index < -0.39 is 17.6 Å². The molecule has 0 aromatic rings. The maximum absolute atomic E-state index is 12.5. The van der Waals surface area contributed by atoms with Gasteiger partial charge in [0.1, 0.15) is 0 Å². The Morgan fingerprint density at radius 3 is 2.60 bits per heavy atom. The van der Waals surface area contributed by atoms with Crippen LogP contribution in [0.3, 0.4) is 0 Å². The minimum atomic E-state index is -0.986. The van der Waals surface area contributed by atoms with Crippen LogP contribution >= 0.6 is 0 Å². The molecule has 1 aliphatic rings. The van der Waals surface area contributed by atoms with Crippen LogP contribution < -0.4 is 0 Å². The number of carboxylic acid groups (broad SMARTS) is 1. The summed E-state index contributed by atoms with van der Waals surface area (Å²) >= 11 is 0. The fraction of sp³-hybridized carbons (Fsp3) is 0.846. The maximum atomic E-state index is 12.5. The molecular weight excluding hydrogens is 264 g/mol. The zero-order chi connectivity index (χ0) is 15.3. The molecule has 0 aromatic carbocycles. The molecule has 1 heterocycles. The second kappa shape index (κ2) is 6.90. The Kier molecular flexibility index (Phi) is 5.76. The van der Waals surface area contributed by atoms with E-state index in [2.05, 4.69) is 0 Å². The summed E-state index contributed by atoms with van der Waals surface area (Å²) < 4.78 is 5.25. The zero-order valence-corrected chi connectivity index (χ0v) is 12.3. The van der Waals surface area contributed by atoms with E-state index in [1.54, 1.807) is 13.8 Å². The van der Waals surface area contributed by atoms with Crippen molar-refractivity contribution >= 4 is 12.0 Å². The molecule has 1 rings (SSSR count). The number of aliphatic hydroxyl groups is 1. The minimum Gasteiger partial charge on any atom is -0.481 e. The number of hydrogen-bond acceptors (Lipinski definition) is 4. The van der Waals surface area contributed by atoms with Crippen molar-refractivity contribution in [1.29, 1.82) is 0 Å². The number of amides is 2. The van der Waals surface area contributed by atoms with Gasteiger partial charge in [-0.15, -0.1) is 0 Å². The van der Waals surface area contributed by atoms with E-state index in [-0.39, 0.29) is 25.6 Å². The van der Waals surface area contributed by atoms with Crippen LogP contribution in [0, 0.1) is 0 Å². The highest BCUT2D eigenvalue weighted by Gasteiger charge is 2.33. The molecule has 7 heteroatoms. The van der Waals surface area contributed by atoms with Crippen LogP contribution in [0.2, 0.25) is 0 Å². The van der Waals surface area contributed by atoms with E-state index in [1.165, 1.54) is 9.80 Å². The van der Waals surface area contributed by atoms with Crippen LogP contribution in [0.1, 0.15) is 27.2 Å². The first-order valence-electron chi connectivity index (χ1n) is 6.82. The maximum Gasteiger partial charge on any atom is 0.320 e. The summed E-state index contributed by atoms with van der Waals surface area (Å²) in [5.74, 6) is -0.955. The predicted octanol–water partition coefficient (Wildman–Crippen LogP) is 0.375. The van der Waals surface area contributed by atoms with Gasteiger partial charge in [-0.3, -0.25) is 4.79 Å². The van der Waals surface area contributed by atoms with Crippen LogP contribution in [0.25, 0.3) is 0 Å². The highest BCUT2D eigenvalue weighted by atomic mass is 16.5. The van der Waals surface area contributed by atoms with E-state index in [1.807, 2.05) is 6.92 Å². The highest BCUT2D eigenvalue weighted by Crippen LogP contribution is 2.15. The van der Waals surface area contributed by atoms with Gasteiger partial charge in [-0.2, -0.15) is 0 Å². The summed E-state index contributed by atoms with van der Waals surface area (Å²) in [5.41, 5.74) is -0.986. The van der Waals surface area contributed by atoms with Gasteiger partial charge in [0.15, 0.2) is 0 Å². The Hall–Kier alpha value is -1.34. The molecule has 1 saturated heterocycles. The lowest BCUT2D eigenvalue weighted by atomic mass is 10.1. The number of urea groups is 1. The molecule has 20 heavy (non-hydrogen) atoms. The van der Waals surface area contributed by atoms with Crippen molar-refractivity contribution in [2.24, 2.45) is 0 Å². The predicted molar refractivity (Wildman–Crippen MR) is 72.5 cm³/mol. The number of morpholine rings is 1. The minimum absolute atomic E-state index is 0.133. The van der Waals surface area contributed by atoms with Gasteiger partial charge in [0, 0.05) is 13.1 Å². The summed E-state index contributed by atoms with van der Waals surface area (Å²) in [7, 11) is 0. The molecule has 1 atom stereocenters. The molecule has 2 N–H and O–H groups in total. The third-order valence-electron chi connectivity index (χ3n) is 3.11. The van der Waals surface area contributed by atoms with Gasteiger partial charge in [0.2, 0.25) is 0 Å². The van der Waals surface area contributed by atoms with Crippen molar-refractivity contribution in [1.82, 2.24) is 9.80 Å². The van der Waals surface area contributed by atoms with E-state index in [0.717, 1.165) is 0 Å². The normalized spacial score (nSPS) is 19.8. The van der Waals surface area contributed by atoms with Crippen molar-refractivity contribution in [2.45, 2.75) is 38.8 Å². The quantitative estimate of drug-likeness (QED) is 0.763. The second-order valence-corrected chi connectivity index (χ2v) is 5.63. The van der Waals surface area contributed by atoms with Gasteiger partial charge in [-0.05, 0) is 20.8 Å². The van der Waals surface area contributed by atoms with E-state index >= 15 is 0 Å². The van der Waals surface area contributed by atoms with Crippen LogP contribution in [0.15, 0.2) is 0 Å². The number of carbonyl (C=O) groups is 2. The second-order valence-electron chi connectivity index (χ2n) is 5.63. The number of aliphatic carboxylic acids is 1. The van der Waals surface area contributed by atoms with Crippen molar-refractivity contribution in [3.8, 4) is 0 Å². The third kappa shape index (κ3) is 4.97. The van der Waals surface area contributed by atoms with Gasteiger partial charge >= 0.3 is 12.0 Å². The lowest BCUT2D eigenvalue weighted by Crippen LogP contribution is -2.56. The smallest absolute Gasteiger partial charge is 0.320 e. The average Bonchev–Trinajstić information content (AvgIpc) is 2.34. The fourth-order valence-electron chi connectivity index (χ4n) is 2.24. The fourth-order valence-corrected chi connectivity index (χ4v) is 2.24. The van der Waals surface area contributed by atoms with E-state index in [9.17, 15) is 14.7 Å². The summed E-state index contributed by atoms with van der Waals surface area (Å²) in [5, 5.41) is 18.7. The molecule has 0 bridgehead atoms. The highest BCUT2D eigenvalue weighted by molar-refractivity contribution is 5.76. The topological polar surface area (TPSA) is 90.3 Å². The molecule has 0 aromatic heterocycles. The first kappa shape index (κ1) is 16.7. The zero-order valence-electron chi connectivity index (χ0n) is 12.3. The number of carboxylic acids is 1. The van der Waals surface area contributed by atoms with Gasteiger partial charge in [-0.1, -0.05) is 0 Å². The molecule has 2 amide bonds. The molecule has 116 valence electrons. The van der Waals surface area contributed by atoms with Crippen molar-refractivity contribution < 1.29 is 24.5 Å². The lowest BCUT2D eigenvalue weighted by Gasteiger charge is -2.39. The SMILES string of the molecule is CCN(CC(C)(C)O)C(=O)N1CCOCC1CC(=O)O. The number of carbonyl (C=O) groups excluding carboxylic acids is 1. The Labute approximate surface area is 119 Å². The Bertz CT molecular complexity index is 353. The monoisotopic (exact) mass is 288 g/mol. The van der Waals surface area contributed by atoms with Gasteiger partial charge in [0.05, 0.1) is 37.8 Å². The van der Waals surface area contributed by atoms with Gasteiger partial charge in [-0.25, -0.2) is 4.79 Å². The molecule has 1 aliphatic heterocycles. The first-order chi connectivity index (χ1) is 9.24. The summed E-state index contributed by atoms with van der Waals surface area (Å²) in [6.07, 6.45) is -0.133. The van der Waals surface area contributed by atoms with Crippen molar-refractivity contribution in [2.75, 3.05) is 32.8 Å². The average molecular weight is 288 g/mol. The van der Waals surface area contributed by atoms with Crippen molar-refractivity contribution in [3.05, 3.63) is 0 Å². The molecule has 0 aliphatic carbocycles. The Morgan fingerprint density at radius 2 is 2.10 bits per heavy atom. The third-order valence-corrected chi connectivity index (χ3v) is 3.11. The molecule has 1 unspecified atom stereocenters. The summed E-state index contributed by atoms with van der Waals surface area (Å²) in [4.78, 5) is 26.4. The molecule has 0 radical (unpaired) electrons. The van der Waals surface area contributed by atoms with Crippen LogP contribution in [-0.2, 0) is 9.53 Å². The Morgan fingerprint density at radius 1 is 1.45 bits per heavy atom.